The first-order valence-corrected chi connectivity index (χ1v) is 7.48. The van der Waals surface area contributed by atoms with E-state index >= 15 is 0 Å². The van der Waals surface area contributed by atoms with Gasteiger partial charge in [0.2, 0.25) is 5.91 Å². The zero-order chi connectivity index (χ0) is 14.9. The third-order valence-corrected chi connectivity index (χ3v) is 4.49. The molecule has 0 aliphatic heterocycles. The van der Waals surface area contributed by atoms with Crippen molar-refractivity contribution in [3.05, 3.63) is 11.4 Å². The first-order chi connectivity index (χ1) is 9.41. The Morgan fingerprint density at radius 2 is 2.00 bits per heavy atom. The van der Waals surface area contributed by atoms with E-state index in [1.54, 1.807) is 0 Å². The lowest BCUT2D eigenvalue weighted by molar-refractivity contribution is -0.124. The van der Waals surface area contributed by atoms with Crippen molar-refractivity contribution in [1.29, 1.82) is 0 Å². The standard InChI is InChI=1S/C15H26N4O/c1-10(2)19-12(4)13(11(3)18-19)17-14(20)15(9-16)7-5-6-8-15/h10H,5-9,16H2,1-4H3,(H,17,20). The molecule has 1 fully saturated rings. The van der Waals surface area contributed by atoms with Gasteiger partial charge >= 0.3 is 0 Å². The Hall–Kier alpha value is -1.36. The predicted octanol–water partition coefficient (Wildman–Crippen LogP) is 2.54. The molecule has 0 radical (unpaired) electrons. The first-order valence-electron chi connectivity index (χ1n) is 7.48. The molecule has 112 valence electrons. The van der Waals surface area contributed by atoms with Gasteiger partial charge in [-0.25, -0.2) is 0 Å². The molecule has 1 amide bonds. The van der Waals surface area contributed by atoms with Gasteiger partial charge in [-0.15, -0.1) is 0 Å². The van der Waals surface area contributed by atoms with E-state index < -0.39 is 0 Å². The van der Waals surface area contributed by atoms with Gasteiger partial charge in [-0.05, 0) is 40.5 Å². The molecule has 0 unspecified atom stereocenters. The molecule has 1 heterocycles. The van der Waals surface area contributed by atoms with E-state index in [-0.39, 0.29) is 17.4 Å². The van der Waals surface area contributed by atoms with Crippen LogP contribution in [-0.2, 0) is 4.79 Å². The average molecular weight is 278 g/mol. The number of hydrogen-bond acceptors (Lipinski definition) is 3. The summed E-state index contributed by atoms with van der Waals surface area (Å²) in [6.45, 7) is 8.53. The minimum Gasteiger partial charge on any atom is -0.329 e. The van der Waals surface area contributed by atoms with E-state index in [4.69, 9.17) is 5.73 Å². The highest BCUT2D eigenvalue weighted by molar-refractivity contribution is 5.96. The quantitative estimate of drug-likeness (QED) is 0.889. The third-order valence-electron chi connectivity index (χ3n) is 4.49. The molecule has 20 heavy (non-hydrogen) atoms. The van der Waals surface area contributed by atoms with Crippen LogP contribution in [0, 0.1) is 19.3 Å². The number of aromatic nitrogens is 2. The zero-order valence-electron chi connectivity index (χ0n) is 13.0. The monoisotopic (exact) mass is 278 g/mol. The molecule has 0 saturated heterocycles. The van der Waals surface area contributed by atoms with Crippen molar-refractivity contribution in [2.24, 2.45) is 11.1 Å². The van der Waals surface area contributed by atoms with Gasteiger partial charge in [-0.2, -0.15) is 5.10 Å². The summed E-state index contributed by atoms with van der Waals surface area (Å²) in [6, 6.07) is 0.286. The minimum absolute atomic E-state index is 0.0620. The second kappa shape index (κ2) is 5.56. The number of carbonyl (C=O) groups is 1. The molecule has 1 aliphatic carbocycles. The summed E-state index contributed by atoms with van der Waals surface area (Å²) in [5.41, 5.74) is 8.23. The van der Waals surface area contributed by atoms with E-state index in [2.05, 4.69) is 24.3 Å². The number of carbonyl (C=O) groups excluding carboxylic acids is 1. The maximum absolute atomic E-state index is 12.6. The first kappa shape index (κ1) is 15.0. The van der Waals surface area contributed by atoms with Crippen LogP contribution in [0.25, 0.3) is 0 Å². The molecule has 5 nitrogen and oxygen atoms in total. The Bertz CT molecular complexity index is 498. The van der Waals surface area contributed by atoms with Crippen molar-refractivity contribution in [3.8, 4) is 0 Å². The smallest absolute Gasteiger partial charge is 0.231 e. The number of rotatable bonds is 4. The maximum Gasteiger partial charge on any atom is 0.231 e. The van der Waals surface area contributed by atoms with Crippen LogP contribution in [0.1, 0.15) is 57.0 Å². The summed E-state index contributed by atoms with van der Waals surface area (Å²) < 4.78 is 1.95. The van der Waals surface area contributed by atoms with Crippen molar-refractivity contribution in [2.45, 2.75) is 59.4 Å². The van der Waals surface area contributed by atoms with Crippen molar-refractivity contribution < 1.29 is 4.79 Å². The normalized spacial score (nSPS) is 17.7. The zero-order valence-corrected chi connectivity index (χ0v) is 13.0. The van der Waals surface area contributed by atoms with Gasteiger partial charge in [0.15, 0.2) is 0 Å². The Morgan fingerprint density at radius 1 is 1.40 bits per heavy atom. The van der Waals surface area contributed by atoms with Crippen LogP contribution in [0.5, 0.6) is 0 Å². The third kappa shape index (κ3) is 2.46. The Morgan fingerprint density at radius 3 is 2.45 bits per heavy atom. The van der Waals surface area contributed by atoms with E-state index in [9.17, 15) is 4.79 Å². The number of nitrogens with one attached hydrogen (secondary N) is 1. The topological polar surface area (TPSA) is 72.9 Å². The van der Waals surface area contributed by atoms with Crippen molar-refractivity contribution in [3.63, 3.8) is 0 Å². The fourth-order valence-electron chi connectivity index (χ4n) is 3.17. The molecule has 0 spiro atoms. The lowest BCUT2D eigenvalue weighted by atomic mass is 9.85. The highest BCUT2D eigenvalue weighted by Gasteiger charge is 2.40. The van der Waals surface area contributed by atoms with Crippen LogP contribution in [0.4, 0.5) is 5.69 Å². The molecule has 1 saturated carbocycles. The molecule has 0 bridgehead atoms. The van der Waals surface area contributed by atoms with Crippen LogP contribution >= 0.6 is 0 Å². The lowest BCUT2D eigenvalue weighted by Gasteiger charge is -2.25. The number of amides is 1. The second-order valence-electron chi connectivity index (χ2n) is 6.23. The molecular formula is C15H26N4O. The summed E-state index contributed by atoms with van der Waals surface area (Å²) in [7, 11) is 0. The van der Waals surface area contributed by atoms with Gasteiger partial charge in [0.1, 0.15) is 0 Å². The Balaban J connectivity index is 2.24. The van der Waals surface area contributed by atoms with Gasteiger partial charge in [0.25, 0.3) is 0 Å². The van der Waals surface area contributed by atoms with Gasteiger partial charge in [-0.1, -0.05) is 12.8 Å². The summed E-state index contributed by atoms with van der Waals surface area (Å²) in [5.74, 6) is 0.0620. The fraction of sp³-hybridized carbons (Fsp3) is 0.733. The fourth-order valence-corrected chi connectivity index (χ4v) is 3.17. The van der Waals surface area contributed by atoms with E-state index in [1.165, 1.54) is 0 Å². The molecule has 1 aromatic heterocycles. The number of aryl methyl sites for hydroxylation is 1. The highest BCUT2D eigenvalue weighted by atomic mass is 16.2. The summed E-state index contributed by atoms with van der Waals surface area (Å²) in [4.78, 5) is 12.6. The van der Waals surface area contributed by atoms with Crippen LogP contribution in [0.2, 0.25) is 0 Å². The number of nitrogens with zero attached hydrogens (tertiary/aromatic N) is 2. The highest BCUT2D eigenvalue weighted by Crippen LogP contribution is 2.38. The summed E-state index contributed by atoms with van der Waals surface area (Å²) >= 11 is 0. The summed E-state index contributed by atoms with van der Waals surface area (Å²) in [5, 5.41) is 7.59. The van der Waals surface area contributed by atoms with Crippen molar-refractivity contribution >= 4 is 11.6 Å². The molecule has 2 rings (SSSR count). The van der Waals surface area contributed by atoms with Crippen molar-refractivity contribution in [1.82, 2.24) is 9.78 Å². The lowest BCUT2D eigenvalue weighted by Crippen LogP contribution is -2.40. The maximum atomic E-state index is 12.6. The van der Waals surface area contributed by atoms with Gasteiger partial charge < -0.3 is 11.1 Å². The second-order valence-corrected chi connectivity index (χ2v) is 6.23. The van der Waals surface area contributed by atoms with Gasteiger partial charge in [0, 0.05) is 12.6 Å². The van der Waals surface area contributed by atoms with E-state index in [0.29, 0.717) is 6.54 Å². The number of anilines is 1. The molecule has 3 N–H and O–H groups in total. The minimum atomic E-state index is -0.376. The van der Waals surface area contributed by atoms with Crippen LogP contribution < -0.4 is 11.1 Å². The van der Waals surface area contributed by atoms with Crippen molar-refractivity contribution in [2.75, 3.05) is 11.9 Å². The largest absolute Gasteiger partial charge is 0.329 e. The molecule has 1 aliphatic rings. The Labute approximate surface area is 120 Å². The molecule has 5 heteroatoms. The van der Waals surface area contributed by atoms with Gasteiger partial charge in [0.05, 0.1) is 22.5 Å². The molecule has 1 aromatic rings. The van der Waals surface area contributed by atoms with E-state index in [1.807, 2.05) is 18.5 Å². The molecular weight excluding hydrogens is 252 g/mol. The van der Waals surface area contributed by atoms with Crippen LogP contribution in [0.3, 0.4) is 0 Å². The van der Waals surface area contributed by atoms with Crippen LogP contribution in [-0.4, -0.2) is 22.2 Å². The molecule has 0 atom stereocenters. The molecule has 0 aromatic carbocycles. The number of hydrogen-bond donors (Lipinski definition) is 2. The van der Waals surface area contributed by atoms with E-state index in [0.717, 1.165) is 42.8 Å². The number of nitrogens with two attached hydrogens (primary N) is 1. The average Bonchev–Trinajstić information content (AvgIpc) is 2.99. The Kier molecular flexibility index (Phi) is 4.18. The van der Waals surface area contributed by atoms with Crippen LogP contribution in [0.15, 0.2) is 0 Å². The predicted molar refractivity (Wildman–Crippen MR) is 80.7 cm³/mol. The SMILES string of the molecule is Cc1nn(C(C)C)c(C)c1NC(=O)C1(CN)CCCC1. The van der Waals surface area contributed by atoms with Gasteiger partial charge in [-0.3, -0.25) is 9.48 Å². The summed E-state index contributed by atoms with van der Waals surface area (Å²) in [6.07, 6.45) is 3.97.